The summed E-state index contributed by atoms with van der Waals surface area (Å²) in [4.78, 5) is 12.8. The molecule has 0 saturated carbocycles. The smallest absolute Gasteiger partial charge is 0.255 e. The molecule has 0 bridgehead atoms. The molecule has 5 heteroatoms. The lowest BCUT2D eigenvalue weighted by molar-refractivity contribution is 0.0938. The largest absolute Gasteiger partial charge is 0.345 e. The molecule has 1 amide bonds. The molecule has 4 nitrogen and oxygen atoms in total. The zero-order valence-corrected chi connectivity index (χ0v) is 15.1. The summed E-state index contributed by atoms with van der Waals surface area (Å²) in [5, 5.41) is 7.40. The molecule has 0 aliphatic heterocycles. The molecule has 1 heterocycles. The number of hydrogen-bond acceptors (Lipinski definition) is 2. The zero-order chi connectivity index (χ0) is 18.7. The number of aromatic nitrogens is 2. The highest BCUT2D eigenvalue weighted by atomic mass is 19.1. The topological polar surface area (TPSA) is 46.9 Å². The van der Waals surface area contributed by atoms with Gasteiger partial charge in [0.1, 0.15) is 5.82 Å². The summed E-state index contributed by atoms with van der Waals surface area (Å²) in [6, 6.07) is 15.8. The van der Waals surface area contributed by atoms with E-state index in [9.17, 15) is 9.18 Å². The van der Waals surface area contributed by atoms with Gasteiger partial charge in [0.05, 0.1) is 29.2 Å². The first-order valence-corrected chi connectivity index (χ1v) is 8.67. The van der Waals surface area contributed by atoms with Crippen LogP contribution in [-0.2, 0) is 0 Å². The van der Waals surface area contributed by atoms with Crippen LogP contribution in [0, 0.1) is 5.82 Å². The van der Waals surface area contributed by atoms with Crippen molar-refractivity contribution >= 4 is 5.91 Å². The molecule has 0 aliphatic carbocycles. The number of nitrogens with one attached hydrogen (secondary N) is 1. The van der Waals surface area contributed by atoms with E-state index in [0.29, 0.717) is 5.56 Å². The summed E-state index contributed by atoms with van der Waals surface area (Å²) in [6.07, 6.45) is 1.58. The average molecular weight is 351 g/mol. The van der Waals surface area contributed by atoms with E-state index < -0.39 is 0 Å². The number of rotatable bonds is 5. The van der Waals surface area contributed by atoms with Gasteiger partial charge in [-0.2, -0.15) is 5.10 Å². The Labute approximate surface area is 152 Å². The summed E-state index contributed by atoms with van der Waals surface area (Å²) in [5.74, 6) is -0.393. The quantitative estimate of drug-likeness (QED) is 0.729. The lowest BCUT2D eigenvalue weighted by Gasteiger charge is -2.16. The predicted octanol–water partition coefficient (Wildman–Crippen LogP) is 4.63. The summed E-state index contributed by atoms with van der Waals surface area (Å²) in [6.45, 7) is 5.97. The number of amides is 1. The fraction of sp³-hybridized carbons (Fsp3) is 0.238. The maximum Gasteiger partial charge on any atom is 0.255 e. The van der Waals surface area contributed by atoms with Crippen molar-refractivity contribution in [1.82, 2.24) is 15.1 Å². The minimum atomic E-state index is -0.304. The Balaban J connectivity index is 1.90. The molecule has 1 N–H and O–H groups in total. The van der Waals surface area contributed by atoms with Gasteiger partial charge in [-0.25, -0.2) is 9.07 Å². The summed E-state index contributed by atoms with van der Waals surface area (Å²) >= 11 is 0. The van der Waals surface area contributed by atoms with Gasteiger partial charge in [-0.3, -0.25) is 4.79 Å². The molecule has 0 saturated heterocycles. The van der Waals surface area contributed by atoms with E-state index in [1.54, 1.807) is 23.0 Å². The monoisotopic (exact) mass is 351 g/mol. The predicted molar refractivity (Wildman–Crippen MR) is 99.9 cm³/mol. The first kappa shape index (κ1) is 17.9. The maximum absolute atomic E-state index is 13.2. The Morgan fingerprint density at radius 2 is 1.69 bits per heavy atom. The fourth-order valence-corrected chi connectivity index (χ4v) is 2.98. The third kappa shape index (κ3) is 3.67. The maximum atomic E-state index is 13.2. The molecule has 1 atom stereocenters. The van der Waals surface area contributed by atoms with E-state index in [2.05, 4.69) is 10.4 Å². The van der Waals surface area contributed by atoms with Crippen LogP contribution >= 0.6 is 0 Å². The number of benzene rings is 2. The third-order valence-electron chi connectivity index (χ3n) is 4.32. The number of carbonyl (C=O) groups is 1. The standard InChI is InChI=1S/C21H22FN3O/c1-14(2)20-19(13-23-25(20)18-11-9-17(22)10-12-18)21(26)24-15(3)16-7-5-4-6-8-16/h4-15H,1-3H3,(H,24,26). The number of hydrogen-bond donors (Lipinski definition) is 1. The molecule has 0 aliphatic rings. The number of halogens is 1. The highest BCUT2D eigenvalue weighted by Crippen LogP contribution is 2.24. The molecule has 1 aromatic heterocycles. The van der Waals surface area contributed by atoms with Gasteiger partial charge in [0.2, 0.25) is 0 Å². The van der Waals surface area contributed by atoms with Gasteiger partial charge in [0.15, 0.2) is 0 Å². The second kappa shape index (κ2) is 7.52. The lowest BCUT2D eigenvalue weighted by atomic mass is 10.0. The van der Waals surface area contributed by atoms with Gasteiger partial charge < -0.3 is 5.32 Å². The van der Waals surface area contributed by atoms with Gasteiger partial charge in [0.25, 0.3) is 5.91 Å². The van der Waals surface area contributed by atoms with Crippen LogP contribution in [-0.4, -0.2) is 15.7 Å². The van der Waals surface area contributed by atoms with Gasteiger partial charge in [-0.05, 0) is 42.7 Å². The second-order valence-corrected chi connectivity index (χ2v) is 6.59. The molecule has 0 radical (unpaired) electrons. The molecule has 134 valence electrons. The summed E-state index contributed by atoms with van der Waals surface area (Å²) in [5.41, 5.74) is 3.10. The Hall–Kier alpha value is -2.95. The Kier molecular flexibility index (Phi) is 5.16. The fourth-order valence-electron chi connectivity index (χ4n) is 2.98. The van der Waals surface area contributed by atoms with E-state index in [1.807, 2.05) is 51.1 Å². The molecule has 3 aromatic rings. The number of nitrogens with zero attached hydrogens (tertiary/aromatic N) is 2. The average Bonchev–Trinajstić information content (AvgIpc) is 3.08. The minimum Gasteiger partial charge on any atom is -0.345 e. The molecule has 26 heavy (non-hydrogen) atoms. The van der Waals surface area contributed by atoms with Crippen LogP contribution in [0.2, 0.25) is 0 Å². The molecule has 0 spiro atoms. The lowest BCUT2D eigenvalue weighted by Crippen LogP contribution is -2.27. The van der Waals surface area contributed by atoms with E-state index in [4.69, 9.17) is 0 Å². The minimum absolute atomic E-state index is 0.0790. The highest BCUT2D eigenvalue weighted by molar-refractivity contribution is 5.95. The number of carbonyl (C=O) groups excluding carboxylic acids is 1. The van der Waals surface area contributed by atoms with E-state index in [1.165, 1.54) is 12.1 Å². The van der Waals surface area contributed by atoms with Crippen molar-refractivity contribution in [1.29, 1.82) is 0 Å². The van der Waals surface area contributed by atoms with Crippen LogP contribution < -0.4 is 5.32 Å². The second-order valence-electron chi connectivity index (χ2n) is 6.59. The van der Waals surface area contributed by atoms with Crippen molar-refractivity contribution in [2.75, 3.05) is 0 Å². The SMILES string of the molecule is CC(C)c1c(C(=O)NC(C)c2ccccc2)cnn1-c1ccc(F)cc1. The highest BCUT2D eigenvalue weighted by Gasteiger charge is 2.22. The van der Waals surface area contributed by atoms with Crippen LogP contribution in [0.4, 0.5) is 4.39 Å². The van der Waals surface area contributed by atoms with Gasteiger partial charge in [-0.15, -0.1) is 0 Å². The normalized spacial score (nSPS) is 12.2. The van der Waals surface area contributed by atoms with Crippen molar-refractivity contribution in [2.45, 2.75) is 32.7 Å². The van der Waals surface area contributed by atoms with Crippen LogP contribution in [0.3, 0.4) is 0 Å². The van der Waals surface area contributed by atoms with Gasteiger partial charge >= 0.3 is 0 Å². The Morgan fingerprint density at radius 1 is 1.04 bits per heavy atom. The summed E-state index contributed by atoms with van der Waals surface area (Å²) < 4.78 is 14.9. The van der Waals surface area contributed by atoms with Crippen molar-refractivity contribution < 1.29 is 9.18 Å². The van der Waals surface area contributed by atoms with Crippen molar-refractivity contribution in [2.24, 2.45) is 0 Å². The molecular formula is C21H22FN3O. The van der Waals surface area contributed by atoms with E-state index in [-0.39, 0.29) is 23.7 Å². The first-order chi connectivity index (χ1) is 12.5. The van der Waals surface area contributed by atoms with Gasteiger partial charge in [0, 0.05) is 0 Å². The molecule has 0 fully saturated rings. The van der Waals surface area contributed by atoms with Crippen LogP contribution in [0.5, 0.6) is 0 Å². The van der Waals surface area contributed by atoms with Crippen molar-refractivity contribution in [3.8, 4) is 5.69 Å². The molecule has 3 rings (SSSR count). The Morgan fingerprint density at radius 3 is 2.31 bits per heavy atom. The third-order valence-corrected chi connectivity index (χ3v) is 4.32. The van der Waals surface area contributed by atoms with Crippen LogP contribution in [0.15, 0.2) is 60.8 Å². The summed E-state index contributed by atoms with van der Waals surface area (Å²) in [7, 11) is 0. The molecular weight excluding hydrogens is 329 g/mol. The van der Waals surface area contributed by atoms with E-state index >= 15 is 0 Å². The van der Waals surface area contributed by atoms with Crippen LogP contribution in [0.25, 0.3) is 5.69 Å². The Bertz CT molecular complexity index is 885. The molecule has 2 aromatic carbocycles. The van der Waals surface area contributed by atoms with Crippen molar-refractivity contribution in [3.63, 3.8) is 0 Å². The van der Waals surface area contributed by atoms with Gasteiger partial charge in [-0.1, -0.05) is 44.2 Å². The zero-order valence-electron chi connectivity index (χ0n) is 15.1. The van der Waals surface area contributed by atoms with Crippen molar-refractivity contribution in [3.05, 3.63) is 83.4 Å². The first-order valence-electron chi connectivity index (χ1n) is 8.67. The van der Waals surface area contributed by atoms with E-state index in [0.717, 1.165) is 16.9 Å². The molecule has 1 unspecified atom stereocenters. The van der Waals surface area contributed by atoms with Crippen LogP contribution in [0.1, 0.15) is 54.3 Å².